The maximum atomic E-state index is 11.7. The number of anilines is 1. The van der Waals surface area contributed by atoms with Crippen molar-refractivity contribution in [2.45, 2.75) is 13.0 Å². The van der Waals surface area contributed by atoms with Gasteiger partial charge in [0.15, 0.2) is 6.61 Å². The topological polar surface area (TPSA) is 83.9 Å². The Morgan fingerprint density at radius 3 is 2.89 bits per heavy atom. The zero-order valence-electron chi connectivity index (χ0n) is 9.62. The molecule has 18 heavy (non-hydrogen) atoms. The minimum Gasteiger partial charge on any atom is -0.482 e. The van der Waals surface area contributed by atoms with Crippen molar-refractivity contribution < 1.29 is 24.2 Å². The molecule has 1 aromatic carbocycles. The van der Waals surface area contributed by atoms with E-state index in [9.17, 15) is 14.4 Å². The van der Waals surface area contributed by atoms with Gasteiger partial charge in [-0.25, -0.2) is 4.79 Å². The fourth-order valence-electron chi connectivity index (χ4n) is 1.80. The molecule has 1 aliphatic heterocycles. The first kappa shape index (κ1) is 12.1. The van der Waals surface area contributed by atoms with Gasteiger partial charge in [-0.15, -0.1) is 0 Å². The van der Waals surface area contributed by atoms with Gasteiger partial charge in [-0.3, -0.25) is 14.5 Å². The van der Waals surface area contributed by atoms with Crippen LogP contribution in [0.4, 0.5) is 5.69 Å². The largest absolute Gasteiger partial charge is 0.482 e. The Balaban J connectivity index is 2.47. The summed E-state index contributed by atoms with van der Waals surface area (Å²) in [5, 5.41) is 8.99. The number of hydrogen-bond acceptors (Lipinski definition) is 4. The molecule has 1 amide bonds. The number of hydrogen-bond donors (Lipinski definition) is 1. The van der Waals surface area contributed by atoms with Crippen LogP contribution in [0.3, 0.4) is 0 Å². The average molecular weight is 249 g/mol. The summed E-state index contributed by atoms with van der Waals surface area (Å²) in [6.07, 6.45) is 0.658. The van der Waals surface area contributed by atoms with Gasteiger partial charge in [-0.2, -0.15) is 0 Å². The van der Waals surface area contributed by atoms with Crippen LogP contribution in [0.5, 0.6) is 5.75 Å². The molecule has 1 atom stereocenters. The van der Waals surface area contributed by atoms with Crippen molar-refractivity contribution in [1.82, 2.24) is 0 Å². The Labute approximate surface area is 103 Å². The number of carbonyl (C=O) groups is 3. The second-order valence-electron chi connectivity index (χ2n) is 3.91. The van der Waals surface area contributed by atoms with E-state index in [1.54, 1.807) is 0 Å². The van der Waals surface area contributed by atoms with Crippen LogP contribution in [0.1, 0.15) is 17.3 Å². The molecule has 0 saturated heterocycles. The van der Waals surface area contributed by atoms with Gasteiger partial charge in [-0.1, -0.05) is 0 Å². The smallest absolute Gasteiger partial charge is 0.326 e. The standard InChI is InChI=1S/C12H11NO5/c1-7(12(16)17)13-9-3-2-8(5-14)4-10(9)18-6-11(13)15/h2-5,7H,6H2,1H3,(H,16,17). The molecule has 94 valence electrons. The van der Waals surface area contributed by atoms with E-state index in [0.29, 0.717) is 23.3 Å². The molecule has 1 N–H and O–H groups in total. The second-order valence-corrected chi connectivity index (χ2v) is 3.91. The maximum absolute atomic E-state index is 11.7. The third-order valence-corrected chi connectivity index (χ3v) is 2.74. The Bertz CT molecular complexity index is 525. The fraction of sp³-hybridized carbons (Fsp3) is 0.250. The van der Waals surface area contributed by atoms with Crippen LogP contribution < -0.4 is 9.64 Å². The molecule has 0 spiro atoms. The molecular formula is C12H11NO5. The number of aliphatic carboxylic acids is 1. The molecule has 1 aliphatic rings. The van der Waals surface area contributed by atoms with E-state index in [-0.39, 0.29) is 6.61 Å². The van der Waals surface area contributed by atoms with Gasteiger partial charge in [0.25, 0.3) is 5.91 Å². The number of carboxylic acids is 1. The van der Waals surface area contributed by atoms with Crippen molar-refractivity contribution in [1.29, 1.82) is 0 Å². The van der Waals surface area contributed by atoms with Gasteiger partial charge in [0, 0.05) is 5.56 Å². The molecule has 1 heterocycles. The first-order valence-electron chi connectivity index (χ1n) is 5.31. The molecule has 0 fully saturated rings. The lowest BCUT2D eigenvalue weighted by atomic mass is 10.1. The molecular weight excluding hydrogens is 238 g/mol. The number of ether oxygens (including phenoxy) is 1. The van der Waals surface area contributed by atoms with E-state index in [2.05, 4.69) is 0 Å². The van der Waals surface area contributed by atoms with Crippen LogP contribution in [-0.4, -0.2) is 35.9 Å². The monoisotopic (exact) mass is 249 g/mol. The van der Waals surface area contributed by atoms with Crippen molar-refractivity contribution >= 4 is 23.9 Å². The summed E-state index contributed by atoms with van der Waals surface area (Å²) >= 11 is 0. The molecule has 1 aromatic rings. The van der Waals surface area contributed by atoms with Crippen molar-refractivity contribution in [3.63, 3.8) is 0 Å². The molecule has 6 heteroatoms. The van der Waals surface area contributed by atoms with Crippen LogP contribution in [0, 0.1) is 0 Å². The quantitative estimate of drug-likeness (QED) is 0.797. The normalized spacial score (nSPS) is 15.6. The molecule has 1 unspecified atom stereocenters. The number of amides is 1. The predicted octanol–water partition coefficient (Wildman–Crippen LogP) is 0.698. The highest BCUT2D eigenvalue weighted by atomic mass is 16.5. The summed E-state index contributed by atoms with van der Waals surface area (Å²) in [4.78, 5) is 34.5. The number of nitrogens with zero attached hydrogens (tertiary/aromatic N) is 1. The van der Waals surface area contributed by atoms with Crippen molar-refractivity contribution in [2.75, 3.05) is 11.5 Å². The van der Waals surface area contributed by atoms with Crippen LogP contribution in [0.2, 0.25) is 0 Å². The lowest BCUT2D eigenvalue weighted by molar-refractivity contribution is -0.140. The fourth-order valence-corrected chi connectivity index (χ4v) is 1.80. The third-order valence-electron chi connectivity index (χ3n) is 2.74. The average Bonchev–Trinajstić information content (AvgIpc) is 2.37. The maximum Gasteiger partial charge on any atom is 0.326 e. The molecule has 0 radical (unpaired) electrons. The van der Waals surface area contributed by atoms with Gasteiger partial charge in [0.05, 0.1) is 5.69 Å². The Morgan fingerprint density at radius 1 is 1.56 bits per heavy atom. The summed E-state index contributed by atoms with van der Waals surface area (Å²) in [5.74, 6) is -1.18. The SMILES string of the molecule is CC(C(=O)O)N1C(=O)COc2cc(C=O)ccc21. The molecule has 2 rings (SSSR count). The minimum absolute atomic E-state index is 0.229. The number of benzene rings is 1. The lowest BCUT2D eigenvalue weighted by Gasteiger charge is -2.32. The Kier molecular flexibility index (Phi) is 3.01. The summed E-state index contributed by atoms with van der Waals surface area (Å²) in [6.45, 7) is 1.19. The zero-order chi connectivity index (χ0) is 13.3. The highest BCUT2D eigenvalue weighted by Gasteiger charge is 2.32. The Hall–Kier alpha value is -2.37. The Morgan fingerprint density at radius 2 is 2.28 bits per heavy atom. The van der Waals surface area contributed by atoms with Gasteiger partial charge in [0.2, 0.25) is 0 Å². The van der Waals surface area contributed by atoms with Crippen LogP contribution >= 0.6 is 0 Å². The number of rotatable bonds is 3. The highest BCUT2D eigenvalue weighted by molar-refractivity contribution is 6.02. The first-order chi connectivity index (χ1) is 8.54. The van der Waals surface area contributed by atoms with E-state index in [4.69, 9.17) is 9.84 Å². The van der Waals surface area contributed by atoms with Crippen LogP contribution in [0.25, 0.3) is 0 Å². The second kappa shape index (κ2) is 4.48. The van der Waals surface area contributed by atoms with E-state index in [1.165, 1.54) is 25.1 Å². The van der Waals surface area contributed by atoms with E-state index in [0.717, 1.165) is 4.90 Å². The molecule has 0 saturated carbocycles. The predicted molar refractivity (Wildman–Crippen MR) is 61.9 cm³/mol. The van der Waals surface area contributed by atoms with E-state index in [1.807, 2.05) is 0 Å². The summed E-state index contributed by atoms with van der Waals surface area (Å²) in [5.41, 5.74) is 0.776. The van der Waals surface area contributed by atoms with Gasteiger partial charge in [0.1, 0.15) is 18.1 Å². The summed E-state index contributed by atoms with van der Waals surface area (Å²) in [7, 11) is 0. The minimum atomic E-state index is -1.10. The van der Waals surface area contributed by atoms with Gasteiger partial charge in [-0.05, 0) is 25.1 Å². The lowest BCUT2D eigenvalue weighted by Crippen LogP contribution is -2.48. The summed E-state index contributed by atoms with van der Waals surface area (Å²) < 4.78 is 5.20. The van der Waals surface area contributed by atoms with E-state index < -0.39 is 17.9 Å². The first-order valence-corrected chi connectivity index (χ1v) is 5.31. The number of carboxylic acid groups (broad SMARTS) is 1. The van der Waals surface area contributed by atoms with E-state index >= 15 is 0 Å². The highest BCUT2D eigenvalue weighted by Crippen LogP contribution is 2.33. The van der Waals surface area contributed by atoms with Crippen LogP contribution in [0.15, 0.2) is 18.2 Å². The third kappa shape index (κ3) is 1.92. The molecule has 0 aliphatic carbocycles. The van der Waals surface area contributed by atoms with Crippen LogP contribution in [-0.2, 0) is 9.59 Å². The van der Waals surface area contributed by atoms with Crippen molar-refractivity contribution in [3.05, 3.63) is 23.8 Å². The number of aldehydes is 1. The molecule has 0 aromatic heterocycles. The number of carbonyl (C=O) groups excluding carboxylic acids is 2. The van der Waals surface area contributed by atoms with Crippen molar-refractivity contribution in [2.24, 2.45) is 0 Å². The number of fused-ring (bicyclic) bond motifs is 1. The molecule has 6 nitrogen and oxygen atoms in total. The van der Waals surface area contributed by atoms with Gasteiger partial charge >= 0.3 is 5.97 Å². The molecule has 0 bridgehead atoms. The summed E-state index contributed by atoms with van der Waals surface area (Å²) in [6, 6.07) is 3.52. The van der Waals surface area contributed by atoms with Crippen molar-refractivity contribution in [3.8, 4) is 5.75 Å². The van der Waals surface area contributed by atoms with Gasteiger partial charge < -0.3 is 9.84 Å². The zero-order valence-corrected chi connectivity index (χ0v) is 9.62.